The molecule has 2 rings (SSSR count). The molecule has 90 valence electrons. The molecule has 0 aliphatic carbocycles. The molecular formula is C14H9BrO3. The Morgan fingerprint density at radius 3 is 2.39 bits per heavy atom. The number of phenolic OH excluding ortho intramolecular Hbond substituents is 1. The standard InChI is InChI=1S/C14H9BrO3/c15-11-3-1-9(2-4-11)14(18)13-6-5-12(17)7-10(13)8-16/h1-8,17H. The van der Waals surface area contributed by atoms with E-state index in [1.807, 2.05) is 0 Å². The largest absolute Gasteiger partial charge is 0.508 e. The van der Waals surface area contributed by atoms with Gasteiger partial charge in [-0.3, -0.25) is 9.59 Å². The average molecular weight is 305 g/mol. The first kappa shape index (κ1) is 12.5. The van der Waals surface area contributed by atoms with E-state index in [-0.39, 0.29) is 22.7 Å². The lowest BCUT2D eigenvalue weighted by atomic mass is 9.99. The summed E-state index contributed by atoms with van der Waals surface area (Å²) in [6.45, 7) is 0. The lowest BCUT2D eigenvalue weighted by Crippen LogP contribution is -2.04. The highest BCUT2D eigenvalue weighted by Crippen LogP contribution is 2.19. The van der Waals surface area contributed by atoms with Crippen LogP contribution < -0.4 is 0 Å². The lowest BCUT2D eigenvalue weighted by Gasteiger charge is -2.05. The summed E-state index contributed by atoms with van der Waals surface area (Å²) in [5.41, 5.74) is 0.958. The number of carbonyl (C=O) groups is 2. The van der Waals surface area contributed by atoms with E-state index in [1.54, 1.807) is 24.3 Å². The first-order chi connectivity index (χ1) is 8.61. The molecule has 0 unspecified atom stereocenters. The zero-order valence-electron chi connectivity index (χ0n) is 9.26. The van der Waals surface area contributed by atoms with Gasteiger partial charge in [-0.25, -0.2) is 0 Å². The Morgan fingerprint density at radius 1 is 1.11 bits per heavy atom. The highest BCUT2D eigenvalue weighted by atomic mass is 79.9. The molecular weight excluding hydrogens is 296 g/mol. The van der Waals surface area contributed by atoms with Crippen molar-refractivity contribution >= 4 is 28.0 Å². The number of aldehydes is 1. The zero-order chi connectivity index (χ0) is 13.1. The molecule has 0 aliphatic heterocycles. The van der Waals surface area contributed by atoms with Gasteiger partial charge in [-0.2, -0.15) is 0 Å². The maximum Gasteiger partial charge on any atom is 0.193 e. The van der Waals surface area contributed by atoms with E-state index in [2.05, 4.69) is 15.9 Å². The molecule has 2 aromatic carbocycles. The Bertz CT molecular complexity index is 603. The van der Waals surface area contributed by atoms with Crippen LogP contribution in [0.5, 0.6) is 5.75 Å². The highest BCUT2D eigenvalue weighted by Gasteiger charge is 2.13. The van der Waals surface area contributed by atoms with E-state index in [0.717, 1.165) is 4.47 Å². The molecule has 0 spiro atoms. The molecule has 0 aromatic heterocycles. The summed E-state index contributed by atoms with van der Waals surface area (Å²) in [5.74, 6) is -0.283. The maximum atomic E-state index is 12.2. The second kappa shape index (κ2) is 5.14. The van der Waals surface area contributed by atoms with Crippen molar-refractivity contribution in [2.75, 3.05) is 0 Å². The van der Waals surface area contributed by atoms with Crippen LogP contribution in [-0.2, 0) is 0 Å². The van der Waals surface area contributed by atoms with Crippen LogP contribution in [0.3, 0.4) is 0 Å². The number of aromatic hydroxyl groups is 1. The van der Waals surface area contributed by atoms with Gasteiger partial charge >= 0.3 is 0 Å². The number of hydrogen-bond donors (Lipinski definition) is 1. The van der Waals surface area contributed by atoms with E-state index < -0.39 is 0 Å². The smallest absolute Gasteiger partial charge is 0.193 e. The monoisotopic (exact) mass is 304 g/mol. The number of benzene rings is 2. The number of hydrogen-bond acceptors (Lipinski definition) is 3. The molecule has 0 heterocycles. The van der Waals surface area contributed by atoms with Crippen molar-refractivity contribution in [3.8, 4) is 5.75 Å². The third-order valence-corrected chi connectivity index (χ3v) is 3.04. The van der Waals surface area contributed by atoms with Crippen LogP contribution in [0.2, 0.25) is 0 Å². The molecule has 0 radical (unpaired) electrons. The van der Waals surface area contributed by atoms with Gasteiger partial charge in [-0.15, -0.1) is 0 Å². The second-order valence-corrected chi connectivity index (χ2v) is 4.64. The average Bonchev–Trinajstić information content (AvgIpc) is 2.38. The van der Waals surface area contributed by atoms with Gasteiger partial charge < -0.3 is 5.11 Å². The first-order valence-corrected chi connectivity index (χ1v) is 5.99. The summed E-state index contributed by atoms with van der Waals surface area (Å²) in [6, 6.07) is 11.0. The lowest BCUT2D eigenvalue weighted by molar-refractivity contribution is 0.102. The van der Waals surface area contributed by atoms with Crippen molar-refractivity contribution in [3.63, 3.8) is 0 Å². The van der Waals surface area contributed by atoms with Gasteiger partial charge in [0.1, 0.15) is 5.75 Å². The number of rotatable bonds is 3. The highest BCUT2D eigenvalue weighted by molar-refractivity contribution is 9.10. The Labute approximate surface area is 112 Å². The summed E-state index contributed by atoms with van der Waals surface area (Å²) < 4.78 is 0.875. The molecule has 1 N–H and O–H groups in total. The Kier molecular flexibility index (Phi) is 3.58. The fourth-order valence-electron chi connectivity index (χ4n) is 1.61. The maximum absolute atomic E-state index is 12.2. The van der Waals surface area contributed by atoms with Crippen LogP contribution in [-0.4, -0.2) is 17.2 Å². The molecule has 4 heteroatoms. The summed E-state index contributed by atoms with van der Waals surface area (Å²) in [7, 11) is 0. The SMILES string of the molecule is O=Cc1cc(O)ccc1C(=O)c1ccc(Br)cc1. The Balaban J connectivity index is 2.45. The molecule has 2 aromatic rings. The van der Waals surface area contributed by atoms with Crippen LogP contribution >= 0.6 is 15.9 Å². The van der Waals surface area contributed by atoms with E-state index in [0.29, 0.717) is 11.8 Å². The number of ketones is 1. The van der Waals surface area contributed by atoms with E-state index >= 15 is 0 Å². The minimum absolute atomic E-state index is 0.0375. The minimum Gasteiger partial charge on any atom is -0.508 e. The van der Waals surface area contributed by atoms with Crippen LogP contribution in [0.15, 0.2) is 46.9 Å². The predicted molar refractivity (Wildman–Crippen MR) is 71.1 cm³/mol. The second-order valence-electron chi connectivity index (χ2n) is 3.73. The Hall–Kier alpha value is -1.94. The Morgan fingerprint density at radius 2 is 1.78 bits per heavy atom. The molecule has 18 heavy (non-hydrogen) atoms. The third kappa shape index (κ3) is 2.49. The minimum atomic E-state index is -0.246. The van der Waals surface area contributed by atoms with Gasteiger partial charge in [0, 0.05) is 21.2 Å². The van der Waals surface area contributed by atoms with Crippen molar-refractivity contribution in [3.05, 3.63) is 63.6 Å². The van der Waals surface area contributed by atoms with Crippen molar-refractivity contribution in [2.24, 2.45) is 0 Å². The number of carbonyl (C=O) groups excluding carboxylic acids is 2. The molecule has 0 fully saturated rings. The van der Waals surface area contributed by atoms with Crippen LogP contribution in [0, 0.1) is 0 Å². The van der Waals surface area contributed by atoms with Gasteiger partial charge in [0.05, 0.1) is 0 Å². The summed E-state index contributed by atoms with van der Waals surface area (Å²) in [4.78, 5) is 23.1. The molecule has 0 bridgehead atoms. The van der Waals surface area contributed by atoms with Crippen molar-refractivity contribution in [1.29, 1.82) is 0 Å². The third-order valence-electron chi connectivity index (χ3n) is 2.51. The molecule has 0 atom stereocenters. The topological polar surface area (TPSA) is 54.4 Å². The van der Waals surface area contributed by atoms with Gasteiger partial charge in [0.15, 0.2) is 12.1 Å². The molecule has 3 nitrogen and oxygen atoms in total. The fourth-order valence-corrected chi connectivity index (χ4v) is 1.88. The van der Waals surface area contributed by atoms with Crippen LogP contribution in [0.1, 0.15) is 26.3 Å². The molecule has 0 saturated heterocycles. The van der Waals surface area contributed by atoms with Gasteiger partial charge in [-0.05, 0) is 42.5 Å². The van der Waals surface area contributed by atoms with Crippen LogP contribution in [0.4, 0.5) is 0 Å². The van der Waals surface area contributed by atoms with E-state index in [4.69, 9.17) is 0 Å². The van der Waals surface area contributed by atoms with Crippen molar-refractivity contribution in [1.82, 2.24) is 0 Å². The zero-order valence-corrected chi connectivity index (χ0v) is 10.8. The van der Waals surface area contributed by atoms with E-state index in [1.165, 1.54) is 18.2 Å². The normalized spacial score (nSPS) is 10.1. The van der Waals surface area contributed by atoms with Crippen molar-refractivity contribution < 1.29 is 14.7 Å². The predicted octanol–water partition coefficient (Wildman–Crippen LogP) is 3.20. The quantitative estimate of drug-likeness (QED) is 0.700. The number of phenols is 1. The fraction of sp³-hybridized carbons (Fsp3) is 0. The van der Waals surface area contributed by atoms with Crippen molar-refractivity contribution in [2.45, 2.75) is 0 Å². The number of halogens is 1. The van der Waals surface area contributed by atoms with Crippen LogP contribution in [0.25, 0.3) is 0 Å². The summed E-state index contributed by atoms with van der Waals surface area (Å²) in [5, 5.41) is 9.28. The molecule has 0 saturated carbocycles. The molecule has 0 amide bonds. The van der Waals surface area contributed by atoms with E-state index in [9.17, 15) is 14.7 Å². The van der Waals surface area contributed by atoms with Gasteiger partial charge in [-0.1, -0.05) is 15.9 Å². The first-order valence-electron chi connectivity index (χ1n) is 5.20. The van der Waals surface area contributed by atoms with Gasteiger partial charge in [0.25, 0.3) is 0 Å². The van der Waals surface area contributed by atoms with Gasteiger partial charge in [0.2, 0.25) is 0 Å². The molecule has 0 aliphatic rings. The summed E-state index contributed by atoms with van der Waals surface area (Å²) >= 11 is 3.29. The summed E-state index contributed by atoms with van der Waals surface area (Å²) in [6.07, 6.45) is 0.561.